The van der Waals surface area contributed by atoms with Crippen LogP contribution in [0.25, 0.3) is 0 Å². The van der Waals surface area contributed by atoms with E-state index in [1.165, 1.54) is 0 Å². The normalized spacial score (nSPS) is 12.5. The molecule has 0 saturated carbocycles. The van der Waals surface area contributed by atoms with Crippen LogP contribution >= 0.6 is 0 Å². The summed E-state index contributed by atoms with van der Waals surface area (Å²) < 4.78 is 0. The molecule has 0 heterocycles. The number of carboxylic acid groups (broad SMARTS) is 1. The summed E-state index contributed by atoms with van der Waals surface area (Å²) in [6, 6.07) is 0.0251. The highest BCUT2D eigenvalue weighted by Crippen LogP contribution is 2.11. The van der Waals surface area contributed by atoms with E-state index in [9.17, 15) is 9.59 Å². The van der Waals surface area contributed by atoms with Gasteiger partial charge >= 0.3 is 5.97 Å². The maximum atomic E-state index is 12.0. The zero-order valence-corrected chi connectivity index (χ0v) is 11.0. The van der Waals surface area contributed by atoms with Crippen LogP contribution in [0, 0.1) is 5.92 Å². The van der Waals surface area contributed by atoms with E-state index in [1.54, 1.807) is 4.90 Å². The van der Waals surface area contributed by atoms with Crippen LogP contribution in [-0.4, -0.2) is 41.0 Å². The summed E-state index contributed by atoms with van der Waals surface area (Å²) in [5.74, 6) is -0.693. The summed E-state index contributed by atoms with van der Waals surface area (Å²) in [6.07, 6.45) is 1.27. The summed E-state index contributed by atoms with van der Waals surface area (Å²) in [6.45, 7) is 6.55. The molecule has 5 nitrogen and oxygen atoms in total. The lowest BCUT2D eigenvalue weighted by atomic mass is 10.0. The van der Waals surface area contributed by atoms with Gasteiger partial charge in [-0.1, -0.05) is 13.3 Å². The highest BCUT2D eigenvalue weighted by molar-refractivity contribution is 5.77. The van der Waals surface area contributed by atoms with Crippen LogP contribution in [0.5, 0.6) is 0 Å². The molecule has 0 aliphatic heterocycles. The molecule has 1 unspecified atom stereocenters. The fraction of sp³-hybridized carbons (Fsp3) is 0.833. The van der Waals surface area contributed by atoms with Gasteiger partial charge in [-0.3, -0.25) is 9.59 Å². The molecule has 0 aromatic carbocycles. The first-order valence-corrected chi connectivity index (χ1v) is 6.13. The minimum Gasteiger partial charge on any atom is -0.481 e. The SMILES string of the molecule is CCC(CN)CC(=O)N(CCC(=O)O)C(C)C. The van der Waals surface area contributed by atoms with E-state index in [0.29, 0.717) is 13.0 Å². The van der Waals surface area contributed by atoms with E-state index in [0.717, 1.165) is 6.42 Å². The predicted molar refractivity (Wildman–Crippen MR) is 66.6 cm³/mol. The van der Waals surface area contributed by atoms with Gasteiger partial charge in [0.1, 0.15) is 0 Å². The highest BCUT2D eigenvalue weighted by Gasteiger charge is 2.20. The Hall–Kier alpha value is -1.10. The number of carbonyl (C=O) groups is 2. The van der Waals surface area contributed by atoms with E-state index in [4.69, 9.17) is 10.8 Å². The Morgan fingerprint density at radius 1 is 1.35 bits per heavy atom. The second kappa shape index (κ2) is 8.06. The average Bonchev–Trinajstić information content (AvgIpc) is 2.25. The molecule has 0 aliphatic carbocycles. The van der Waals surface area contributed by atoms with Gasteiger partial charge < -0.3 is 15.7 Å². The first kappa shape index (κ1) is 15.9. The van der Waals surface area contributed by atoms with Crippen molar-refractivity contribution in [3.8, 4) is 0 Å². The van der Waals surface area contributed by atoms with Crippen LogP contribution in [-0.2, 0) is 9.59 Å². The molecule has 0 fully saturated rings. The maximum Gasteiger partial charge on any atom is 0.305 e. The van der Waals surface area contributed by atoms with Crippen LogP contribution < -0.4 is 5.73 Å². The minimum absolute atomic E-state index is 0.00134. The van der Waals surface area contributed by atoms with Gasteiger partial charge in [0.05, 0.1) is 6.42 Å². The molecule has 1 atom stereocenters. The molecule has 0 aromatic heterocycles. The Balaban J connectivity index is 4.38. The van der Waals surface area contributed by atoms with Gasteiger partial charge in [-0.2, -0.15) is 0 Å². The molecular weight excluding hydrogens is 220 g/mol. The zero-order chi connectivity index (χ0) is 13.4. The fourth-order valence-electron chi connectivity index (χ4n) is 1.65. The lowest BCUT2D eigenvalue weighted by molar-refractivity contribution is -0.139. The molecule has 17 heavy (non-hydrogen) atoms. The number of carboxylic acids is 1. The molecule has 0 saturated heterocycles. The first-order valence-electron chi connectivity index (χ1n) is 6.13. The Morgan fingerprint density at radius 2 is 1.94 bits per heavy atom. The largest absolute Gasteiger partial charge is 0.481 e. The average molecular weight is 244 g/mol. The van der Waals surface area contributed by atoms with Gasteiger partial charge in [-0.05, 0) is 26.3 Å². The summed E-state index contributed by atoms with van der Waals surface area (Å²) in [5, 5.41) is 8.64. The van der Waals surface area contributed by atoms with E-state index < -0.39 is 5.97 Å². The number of hydrogen-bond donors (Lipinski definition) is 2. The van der Waals surface area contributed by atoms with Crippen molar-refractivity contribution in [2.24, 2.45) is 11.7 Å². The number of carbonyl (C=O) groups excluding carboxylic acids is 1. The van der Waals surface area contributed by atoms with Gasteiger partial charge in [0, 0.05) is 19.0 Å². The van der Waals surface area contributed by atoms with Gasteiger partial charge in [-0.15, -0.1) is 0 Å². The van der Waals surface area contributed by atoms with Crippen molar-refractivity contribution in [1.82, 2.24) is 4.90 Å². The third-order valence-corrected chi connectivity index (χ3v) is 2.88. The Kier molecular flexibility index (Phi) is 7.54. The summed E-state index contributed by atoms with van der Waals surface area (Å²) >= 11 is 0. The van der Waals surface area contributed by atoms with Crippen LogP contribution in [0.3, 0.4) is 0 Å². The zero-order valence-electron chi connectivity index (χ0n) is 11.0. The Labute approximate surface area is 103 Å². The van der Waals surface area contributed by atoms with Gasteiger partial charge in [-0.25, -0.2) is 0 Å². The van der Waals surface area contributed by atoms with E-state index in [-0.39, 0.29) is 30.8 Å². The number of amides is 1. The third-order valence-electron chi connectivity index (χ3n) is 2.88. The smallest absolute Gasteiger partial charge is 0.305 e. The molecule has 100 valence electrons. The first-order chi connectivity index (χ1) is 7.92. The molecule has 0 radical (unpaired) electrons. The molecule has 0 aromatic rings. The molecule has 0 spiro atoms. The maximum absolute atomic E-state index is 12.0. The highest BCUT2D eigenvalue weighted by atomic mass is 16.4. The summed E-state index contributed by atoms with van der Waals surface area (Å²) in [4.78, 5) is 24.1. The molecule has 3 N–H and O–H groups in total. The molecule has 0 aliphatic rings. The second-order valence-electron chi connectivity index (χ2n) is 4.54. The van der Waals surface area contributed by atoms with Crippen molar-refractivity contribution < 1.29 is 14.7 Å². The number of rotatable bonds is 8. The molecule has 0 bridgehead atoms. The van der Waals surface area contributed by atoms with E-state index in [2.05, 4.69) is 0 Å². The van der Waals surface area contributed by atoms with E-state index in [1.807, 2.05) is 20.8 Å². The number of nitrogens with zero attached hydrogens (tertiary/aromatic N) is 1. The predicted octanol–water partition coefficient (Wildman–Crippen LogP) is 1.07. The molecule has 1 amide bonds. The monoisotopic (exact) mass is 244 g/mol. The lowest BCUT2D eigenvalue weighted by Crippen LogP contribution is -2.39. The van der Waals surface area contributed by atoms with Gasteiger partial charge in [0.15, 0.2) is 0 Å². The summed E-state index contributed by atoms with van der Waals surface area (Å²) in [5.41, 5.74) is 5.57. The Bertz CT molecular complexity index is 250. The molecule has 0 rings (SSSR count). The van der Waals surface area contributed by atoms with Crippen LogP contribution in [0.4, 0.5) is 0 Å². The number of hydrogen-bond acceptors (Lipinski definition) is 3. The van der Waals surface area contributed by atoms with Crippen LogP contribution in [0.1, 0.15) is 40.0 Å². The summed E-state index contributed by atoms with van der Waals surface area (Å²) in [7, 11) is 0. The lowest BCUT2D eigenvalue weighted by Gasteiger charge is -2.27. The standard InChI is InChI=1S/C12H24N2O3/c1-4-10(8-13)7-11(15)14(9(2)3)6-5-12(16)17/h9-10H,4-8,13H2,1-3H3,(H,16,17). The minimum atomic E-state index is -0.880. The van der Waals surface area contributed by atoms with Crippen molar-refractivity contribution in [1.29, 1.82) is 0 Å². The van der Waals surface area contributed by atoms with Crippen LogP contribution in [0.15, 0.2) is 0 Å². The van der Waals surface area contributed by atoms with Gasteiger partial charge in [0.25, 0.3) is 0 Å². The topological polar surface area (TPSA) is 83.6 Å². The van der Waals surface area contributed by atoms with Crippen LogP contribution in [0.2, 0.25) is 0 Å². The fourth-order valence-corrected chi connectivity index (χ4v) is 1.65. The third kappa shape index (κ3) is 6.26. The Morgan fingerprint density at radius 3 is 2.29 bits per heavy atom. The molecular formula is C12H24N2O3. The van der Waals surface area contributed by atoms with Crippen molar-refractivity contribution in [3.05, 3.63) is 0 Å². The van der Waals surface area contributed by atoms with E-state index >= 15 is 0 Å². The van der Waals surface area contributed by atoms with Crippen molar-refractivity contribution >= 4 is 11.9 Å². The van der Waals surface area contributed by atoms with Gasteiger partial charge in [0.2, 0.25) is 5.91 Å². The quantitative estimate of drug-likeness (QED) is 0.669. The van der Waals surface area contributed by atoms with Crippen molar-refractivity contribution in [2.45, 2.75) is 46.1 Å². The van der Waals surface area contributed by atoms with Crippen molar-refractivity contribution in [2.75, 3.05) is 13.1 Å². The number of nitrogens with two attached hydrogens (primary N) is 1. The second-order valence-corrected chi connectivity index (χ2v) is 4.54. The van der Waals surface area contributed by atoms with Crippen molar-refractivity contribution in [3.63, 3.8) is 0 Å². The number of aliphatic carboxylic acids is 1. The molecule has 5 heteroatoms.